The van der Waals surface area contributed by atoms with E-state index >= 15 is 0 Å². The first-order valence-electron chi connectivity index (χ1n) is 7.50. The van der Waals surface area contributed by atoms with Crippen molar-refractivity contribution in [3.8, 4) is 0 Å². The van der Waals surface area contributed by atoms with E-state index in [2.05, 4.69) is 11.9 Å². The van der Waals surface area contributed by atoms with Crippen molar-refractivity contribution < 1.29 is 4.92 Å². The maximum Gasteiger partial charge on any atom is 0.326 e. The Labute approximate surface area is 122 Å². The normalized spacial score (nSPS) is 11.1. The van der Waals surface area contributed by atoms with E-state index in [1.165, 1.54) is 37.8 Å². The van der Waals surface area contributed by atoms with Crippen LogP contribution in [-0.4, -0.2) is 14.5 Å². The lowest BCUT2D eigenvalue weighted by molar-refractivity contribution is -0.384. The molecule has 0 unspecified atom stereocenters. The molecule has 0 saturated heterocycles. The second-order valence-corrected chi connectivity index (χ2v) is 5.31. The SMILES string of the molecule is CCCCCCCCn1c(=O)[nH]c2cc([N+](=O)[O-])ccc21. The van der Waals surface area contributed by atoms with Gasteiger partial charge in [0.2, 0.25) is 0 Å². The van der Waals surface area contributed by atoms with Crippen molar-refractivity contribution in [2.75, 3.05) is 0 Å². The second kappa shape index (κ2) is 7.06. The Kier molecular flexibility index (Phi) is 5.14. The summed E-state index contributed by atoms with van der Waals surface area (Å²) in [5.74, 6) is 0. The summed E-state index contributed by atoms with van der Waals surface area (Å²) in [6.45, 7) is 2.84. The zero-order chi connectivity index (χ0) is 15.2. The number of aromatic nitrogens is 2. The van der Waals surface area contributed by atoms with Gasteiger partial charge in [0, 0.05) is 18.7 Å². The van der Waals surface area contributed by atoms with E-state index in [0.29, 0.717) is 12.1 Å². The third kappa shape index (κ3) is 3.71. The molecule has 1 heterocycles. The predicted octanol–water partition coefficient (Wildman–Crippen LogP) is 3.60. The quantitative estimate of drug-likeness (QED) is 0.458. The summed E-state index contributed by atoms with van der Waals surface area (Å²) in [5, 5.41) is 10.7. The Balaban J connectivity index is 2.04. The number of rotatable bonds is 8. The van der Waals surface area contributed by atoms with Crippen molar-refractivity contribution >= 4 is 16.7 Å². The van der Waals surface area contributed by atoms with Crippen molar-refractivity contribution in [3.63, 3.8) is 0 Å². The molecule has 0 fully saturated rings. The minimum Gasteiger partial charge on any atom is -0.305 e. The molecule has 1 aromatic carbocycles. The standard InChI is InChI=1S/C15H21N3O3/c1-2-3-4-5-6-7-10-17-14-9-8-12(18(20)21)11-13(14)16-15(17)19/h8-9,11H,2-7,10H2,1H3,(H,16,19). The smallest absolute Gasteiger partial charge is 0.305 e. The van der Waals surface area contributed by atoms with E-state index in [1.807, 2.05) is 0 Å². The van der Waals surface area contributed by atoms with Gasteiger partial charge < -0.3 is 4.98 Å². The first-order chi connectivity index (χ1) is 10.1. The van der Waals surface area contributed by atoms with Crippen LogP contribution in [0.4, 0.5) is 5.69 Å². The molecule has 21 heavy (non-hydrogen) atoms. The summed E-state index contributed by atoms with van der Waals surface area (Å²) in [6.07, 6.45) is 6.97. The van der Waals surface area contributed by atoms with Crippen LogP contribution in [0.2, 0.25) is 0 Å². The van der Waals surface area contributed by atoms with E-state index < -0.39 is 4.92 Å². The van der Waals surface area contributed by atoms with Crippen LogP contribution < -0.4 is 5.69 Å². The van der Waals surface area contributed by atoms with Gasteiger partial charge >= 0.3 is 5.69 Å². The van der Waals surface area contributed by atoms with Crippen LogP contribution in [0, 0.1) is 10.1 Å². The number of hydrogen-bond donors (Lipinski definition) is 1. The first-order valence-corrected chi connectivity index (χ1v) is 7.50. The number of benzene rings is 1. The number of nitro groups is 1. The molecular formula is C15H21N3O3. The molecule has 6 nitrogen and oxygen atoms in total. The number of unbranched alkanes of at least 4 members (excludes halogenated alkanes) is 5. The van der Waals surface area contributed by atoms with Gasteiger partial charge in [0.15, 0.2) is 0 Å². The number of fused-ring (bicyclic) bond motifs is 1. The highest BCUT2D eigenvalue weighted by atomic mass is 16.6. The van der Waals surface area contributed by atoms with Crippen molar-refractivity contribution in [3.05, 3.63) is 38.8 Å². The maximum atomic E-state index is 11.9. The molecule has 1 N–H and O–H groups in total. The van der Waals surface area contributed by atoms with Gasteiger partial charge in [0.25, 0.3) is 5.69 Å². The highest BCUT2D eigenvalue weighted by Crippen LogP contribution is 2.18. The lowest BCUT2D eigenvalue weighted by Crippen LogP contribution is -2.16. The van der Waals surface area contributed by atoms with Crippen LogP contribution in [0.15, 0.2) is 23.0 Å². The van der Waals surface area contributed by atoms with E-state index in [9.17, 15) is 14.9 Å². The van der Waals surface area contributed by atoms with Crippen LogP contribution in [0.3, 0.4) is 0 Å². The summed E-state index contributed by atoms with van der Waals surface area (Å²) >= 11 is 0. The van der Waals surface area contributed by atoms with E-state index in [0.717, 1.165) is 18.4 Å². The number of hydrogen-bond acceptors (Lipinski definition) is 3. The zero-order valence-electron chi connectivity index (χ0n) is 12.3. The zero-order valence-corrected chi connectivity index (χ0v) is 12.3. The number of aromatic amines is 1. The summed E-state index contributed by atoms with van der Waals surface area (Å²) < 4.78 is 1.67. The fraction of sp³-hybridized carbons (Fsp3) is 0.533. The molecule has 0 aliphatic rings. The average Bonchev–Trinajstić information content (AvgIpc) is 2.77. The lowest BCUT2D eigenvalue weighted by atomic mass is 10.1. The number of H-pyrrole nitrogens is 1. The molecular weight excluding hydrogens is 270 g/mol. The van der Waals surface area contributed by atoms with Gasteiger partial charge in [-0.25, -0.2) is 4.79 Å². The molecule has 0 atom stereocenters. The van der Waals surface area contributed by atoms with Gasteiger partial charge in [-0.2, -0.15) is 0 Å². The molecule has 2 aromatic rings. The molecule has 0 radical (unpaired) electrons. The van der Waals surface area contributed by atoms with E-state index in [-0.39, 0.29) is 11.4 Å². The number of nitro benzene ring substituents is 1. The fourth-order valence-corrected chi connectivity index (χ4v) is 2.54. The van der Waals surface area contributed by atoms with Crippen LogP contribution in [0.1, 0.15) is 45.4 Å². The van der Waals surface area contributed by atoms with Crippen molar-refractivity contribution in [2.24, 2.45) is 0 Å². The Bertz CT molecular complexity index is 672. The Morgan fingerprint density at radius 3 is 2.62 bits per heavy atom. The van der Waals surface area contributed by atoms with Gasteiger partial charge in [-0.3, -0.25) is 14.7 Å². The molecule has 0 aliphatic carbocycles. The molecule has 0 spiro atoms. The van der Waals surface area contributed by atoms with Gasteiger partial charge in [-0.05, 0) is 12.5 Å². The van der Waals surface area contributed by atoms with Crippen LogP contribution >= 0.6 is 0 Å². The number of aryl methyl sites for hydroxylation is 1. The number of nitrogens with one attached hydrogen (secondary N) is 1. The Hall–Kier alpha value is -2.11. The van der Waals surface area contributed by atoms with Crippen molar-refractivity contribution in [1.29, 1.82) is 0 Å². The van der Waals surface area contributed by atoms with Gasteiger partial charge in [0.05, 0.1) is 16.0 Å². The summed E-state index contributed by atoms with van der Waals surface area (Å²) in [4.78, 5) is 24.9. The summed E-state index contributed by atoms with van der Waals surface area (Å²) in [5.41, 5.74) is 1.06. The van der Waals surface area contributed by atoms with Gasteiger partial charge in [-0.1, -0.05) is 39.0 Å². The fourth-order valence-electron chi connectivity index (χ4n) is 2.54. The van der Waals surface area contributed by atoms with E-state index in [1.54, 1.807) is 10.6 Å². The molecule has 0 bridgehead atoms. The van der Waals surface area contributed by atoms with Crippen LogP contribution in [0.25, 0.3) is 11.0 Å². The third-order valence-corrected chi connectivity index (χ3v) is 3.70. The predicted molar refractivity (Wildman–Crippen MR) is 82.6 cm³/mol. The first kappa shape index (κ1) is 15.3. The largest absolute Gasteiger partial charge is 0.326 e. The molecule has 0 saturated carbocycles. The minimum atomic E-state index is -0.456. The number of nitrogens with zero attached hydrogens (tertiary/aromatic N) is 2. The maximum absolute atomic E-state index is 11.9. The van der Waals surface area contributed by atoms with Gasteiger partial charge in [-0.15, -0.1) is 0 Å². The second-order valence-electron chi connectivity index (χ2n) is 5.31. The summed E-state index contributed by atoms with van der Waals surface area (Å²) in [7, 11) is 0. The Morgan fingerprint density at radius 1 is 1.19 bits per heavy atom. The number of imidazole rings is 1. The number of non-ortho nitro benzene ring substituents is 1. The molecule has 6 heteroatoms. The highest BCUT2D eigenvalue weighted by Gasteiger charge is 2.11. The average molecular weight is 291 g/mol. The highest BCUT2D eigenvalue weighted by molar-refractivity contribution is 5.77. The van der Waals surface area contributed by atoms with Crippen molar-refractivity contribution in [1.82, 2.24) is 9.55 Å². The minimum absolute atomic E-state index is 0.00420. The monoisotopic (exact) mass is 291 g/mol. The molecule has 0 amide bonds. The van der Waals surface area contributed by atoms with Gasteiger partial charge in [0.1, 0.15) is 0 Å². The molecule has 1 aromatic heterocycles. The topological polar surface area (TPSA) is 80.9 Å². The van der Waals surface area contributed by atoms with E-state index in [4.69, 9.17) is 0 Å². The lowest BCUT2D eigenvalue weighted by Gasteiger charge is -2.03. The summed E-state index contributed by atoms with van der Waals surface area (Å²) in [6, 6.07) is 4.49. The molecule has 0 aliphatic heterocycles. The molecule has 2 rings (SSSR count). The molecule has 114 valence electrons. The Morgan fingerprint density at radius 2 is 1.90 bits per heavy atom. The third-order valence-electron chi connectivity index (χ3n) is 3.70. The van der Waals surface area contributed by atoms with Crippen LogP contribution in [-0.2, 0) is 6.54 Å². The van der Waals surface area contributed by atoms with Crippen LogP contribution in [0.5, 0.6) is 0 Å². The van der Waals surface area contributed by atoms with Crippen molar-refractivity contribution in [2.45, 2.75) is 52.0 Å².